The third-order valence-corrected chi connectivity index (χ3v) is 7.53. The fraction of sp³-hybridized carbons (Fsp3) is 0.312. The molecule has 0 saturated carbocycles. The Bertz CT molecular complexity index is 1370. The lowest BCUT2D eigenvalue weighted by Crippen LogP contribution is -2.56. The van der Waals surface area contributed by atoms with Gasteiger partial charge in [0.1, 0.15) is 12.1 Å². The average molecular weight is 560 g/mol. The number of fused-ring (bicyclic) bond motifs is 1. The minimum Gasteiger partial charge on any atom is -0.342 e. The molecule has 3 aromatic carbocycles. The van der Waals surface area contributed by atoms with Gasteiger partial charge < -0.3 is 15.5 Å². The van der Waals surface area contributed by atoms with E-state index < -0.39 is 18.0 Å². The van der Waals surface area contributed by atoms with Gasteiger partial charge in [0.25, 0.3) is 0 Å². The van der Waals surface area contributed by atoms with E-state index in [1.54, 1.807) is 36.4 Å². The Labute approximate surface area is 239 Å². The van der Waals surface area contributed by atoms with E-state index >= 15 is 0 Å². The summed E-state index contributed by atoms with van der Waals surface area (Å²) in [5.41, 5.74) is 3.82. The maximum atomic E-state index is 13.7. The fourth-order valence-electron chi connectivity index (χ4n) is 4.98. The van der Waals surface area contributed by atoms with Crippen LogP contribution in [0.15, 0.2) is 72.8 Å². The highest BCUT2D eigenvalue weighted by Crippen LogP contribution is 2.27. The molecule has 0 saturated heterocycles. The number of aryl methyl sites for hydroxylation is 1. The Morgan fingerprint density at radius 1 is 0.925 bits per heavy atom. The second-order valence-electron chi connectivity index (χ2n) is 10.1. The van der Waals surface area contributed by atoms with Crippen molar-refractivity contribution in [2.45, 2.75) is 64.6 Å². The predicted octanol–water partition coefficient (Wildman–Crippen LogP) is 5.49. The number of benzene rings is 3. The SMILES string of the molecule is CCC[C@H](NC(=O)[C@@H]1Cc2ccccc2CN1C(=O)CCC(=O)c1ccccc1)C(=O)Nc1c(C)cccc1Cl. The molecule has 0 aromatic heterocycles. The first kappa shape index (κ1) is 29.0. The predicted molar refractivity (Wildman–Crippen MR) is 156 cm³/mol. The van der Waals surface area contributed by atoms with Crippen molar-refractivity contribution in [1.29, 1.82) is 0 Å². The van der Waals surface area contributed by atoms with Crippen molar-refractivity contribution >= 4 is 40.8 Å². The minimum atomic E-state index is -0.804. The second-order valence-corrected chi connectivity index (χ2v) is 10.5. The molecule has 7 nitrogen and oxygen atoms in total. The average Bonchev–Trinajstić information content (AvgIpc) is 2.97. The lowest BCUT2D eigenvalue weighted by atomic mass is 9.92. The normalized spacial score (nSPS) is 15.1. The van der Waals surface area contributed by atoms with Gasteiger partial charge in [-0.2, -0.15) is 0 Å². The number of para-hydroxylation sites is 1. The van der Waals surface area contributed by atoms with Crippen LogP contribution < -0.4 is 10.6 Å². The molecule has 40 heavy (non-hydrogen) atoms. The Balaban J connectivity index is 1.50. The highest BCUT2D eigenvalue weighted by molar-refractivity contribution is 6.34. The summed E-state index contributed by atoms with van der Waals surface area (Å²) < 4.78 is 0. The van der Waals surface area contributed by atoms with E-state index in [2.05, 4.69) is 10.6 Å². The van der Waals surface area contributed by atoms with Gasteiger partial charge in [-0.1, -0.05) is 91.7 Å². The van der Waals surface area contributed by atoms with Gasteiger partial charge in [-0.15, -0.1) is 0 Å². The van der Waals surface area contributed by atoms with Crippen LogP contribution >= 0.6 is 11.6 Å². The standard InChI is InChI=1S/C32H34ClN3O4/c1-3-10-26(31(39)35-30-21(2)11-9-16-25(30)33)34-32(40)27-19-23-14-7-8-15-24(23)20-36(27)29(38)18-17-28(37)22-12-5-4-6-13-22/h4-9,11-16,26-27H,3,10,17-20H2,1-2H3,(H,34,40)(H,35,39)/t26-,27-/m0/s1. The summed E-state index contributed by atoms with van der Waals surface area (Å²) in [6.07, 6.45) is 1.45. The van der Waals surface area contributed by atoms with Gasteiger partial charge in [-0.25, -0.2) is 0 Å². The number of halogens is 1. The molecule has 0 aliphatic carbocycles. The lowest BCUT2D eigenvalue weighted by molar-refractivity contribution is -0.142. The summed E-state index contributed by atoms with van der Waals surface area (Å²) in [4.78, 5) is 54.5. The number of carbonyl (C=O) groups is 4. The summed E-state index contributed by atoms with van der Waals surface area (Å²) in [7, 11) is 0. The van der Waals surface area contributed by atoms with Crippen LogP contribution in [0.5, 0.6) is 0 Å². The van der Waals surface area contributed by atoms with Crippen molar-refractivity contribution in [2.75, 3.05) is 5.32 Å². The number of hydrogen-bond donors (Lipinski definition) is 2. The molecule has 8 heteroatoms. The smallest absolute Gasteiger partial charge is 0.246 e. The quantitative estimate of drug-likeness (QED) is 0.321. The molecule has 1 aliphatic rings. The van der Waals surface area contributed by atoms with Gasteiger partial charge in [0.05, 0.1) is 10.7 Å². The van der Waals surface area contributed by atoms with Crippen molar-refractivity contribution in [3.05, 3.63) is 100 Å². The zero-order valence-corrected chi connectivity index (χ0v) is 23.5. The van der Waals surface area contributed by atoms with Crippen molar-refractivity contribution in [3.63, 3.8) is 0 Å². The summed E-state index contributed by atoms with van der Waals surface area (Å²) in [6, 6.07) is 20.3. The fourth-order valence-corrected chi connectivity index (χ4v) is 5.25. The van der Waals surface area contributed by atoms with Crippen LogP contribution in [-0.2, 0) is 27.3 Å². The van der Waals surface area contributed by atoms with Gasteiger partial charge in [-0.3, -0.25) is 19.2 Å². The zero-order chi connectivity index (χ0) is 28.6. The van der Waals surface area contributed by atoms with Gasteiger partial charge in [-0.05, 0) is 36.1 Å². The van der Waals surface area contributed by atoms with E-state index in [4.69, 9.17) is 11.6 Å². The summed E-state index contributed by atoms with van der Waals surface area (Å²) in [5.74, 6) is -1.17. The highest BCUT2D eigenvalue weighted by atomic mass is 35.5. The molecule has 0 bridgehead atoms. The molecule has 1 aliphatic heterocycles. The number of nitrogens with one attached hydrogen (secondary N) is 2. The van der Waals surface area contributed by atoms with E-state index in [0.29, 0.717) is 35.5 Å². The van der Waals surface area contributed by atoms with Gasteiger partial charge >= 0.3 is 0 Å². The van der Waals surface area contributed by atoms with Gasteiger partial charge in [0.2, 0.25) is 17.7 Å². The molecule has 3 aromatic rings. The number of carbonyl (C=O) groups excluding carboxylic acids is 4. The first-order valence-corrected chi connectivity index (χ1v) is 14.0. The summed E-state index contributed by atoms with van der Waals surface area (Å²) in [5, 5.41) is 6.18. The van der Waals surface area contributed by atoms with Gasteiger partial charge in [0.15, 0.2) is 5.78 Å². The summed E-state index contributed by atoms with van der Waals surface area (Å²) >= 11 is 6.31. The van der Waals surface area contributed by atoms with Crippen LogP contribution in [0.1, 0.15) is 59.7 Å². The topological polar surface area (TPSA) is 95.6 Å². The van der Waals surface area contributed by atoms with Crippen LogP contribution in [0.3, 0.4) is 0 Å². The van der Waals surface area contributed by atoms with E-state index in [9.17, 15) is 19.2 Å². The number of rotatable bonds is 10. The van der Waals surface area contributed by atoms with E-state index in [1.807, 2.05) is 50.2 Å². The monoisotopic (exact) mass is 559 g/mol. The van der Waals surface area contributed by atoms with Crippen molar-refractivity contribution in [2.24, 2.45) is 0 Å². The van der Waals surface area contributed by atoms with E-state index in [-0.39, 0.29) is 37.0 Å². The number of nitrogens with zero attached hydrogens (tertiary/aromatic N) is 1. The van der Waals surface area contributed by atoms with Crippen molar-refractivity contribution in [1.82, 2.24) is 10.2 Å². The molecule has 0 spiro atoms. The highest BCUT2D eigenvalue weighted by Gasteiger charge is 2.36. The van der Waals surface area contributed by atoms with Crippen LogP contribution in [0, 0.1) is 6.92 Å². The van der Waals surface area contributed by atoms with Crippen LogP contribution in [-0.4, -0.2) is 40.5 Å². The molecule has 208 valence electrons. The minimum absolute atomic E-state index is 0.00959. The number of Topliss-reactive ketones (excluding diaryl/α,β-unsaturated/α-hetero) is 1. The third kappa shape index (κ3) is 6.96. The first-order chi connectivity index (χ1) is 19.3. The first-order valence-electron chi connectivity index (χ1n) is 13.6. The molecule has 1 heterocycles. The van der Waals surface area contributed by atoms with Crippen molar-refractivity contribution in [3.8, 4) is 0 Å². The largest absolute Gasteiger partial charge is 0.342 e. The number of anilines is 1. The number of amides is 3. The van der Waals surface area contributed by atoms with E-state index in [1.165, 1.54) is 4.90 Å². The lowest BCUT2D eigenvalue weighted by Gasteiger charge is -2.37. The molecule has 2 atom stereocenters. The number of hydrogen-bond acceptors (Lipinski definition) is 4. The molecule has 0 fully saturated rings. The molecule has 0 radical (unpaired) electrons. The molecule has 3 amide bonds. The Morgan fingerprint density at radius 3 is 2.33 bits per heavy atom. The zero-order valence-electron chi connectivity index (χ0n) is 22.8. The van der Waals surface area contributed by atoms with Gasteiger partial charge in [0, 0.05) is 31.4 Å². The Hall–Kier alpha value is -3.97. The Morgan fingerprint density at radius 2 is 1.62 bits per heavy atom. The van der Waals surface area contributed by atoms with Crippen LogP contribution in [0.25, 0.3) is 0 Å². The van der Waals surface area contributed by atoms with E-state index in [0.717, 1.165) is 16.7 Å². The number of ketones is 1. The maximum absolute atomic E-state index is 13.7. The molecule has 4 rings (SSSR count). The van der Waals surface area contributed by atoms with Crippen molar-refractivity contribution < 1.29 is 19.2 Å². The third-order valence-electron chi connectivity index (χ3n) is 7.21. The maximum Gasteiger partial charge on any atom is 0.246 e. The molecule has 0 unspecified atom stereocenters. The summed E-state index contributed by atoms with van der Waals surface area (Å²) in [6.45, 7) is 4.04. The second kappa shape index (κ2) is 13.4. The Kier molecular flexibility index (Phi) is 9.72. The molecule has 2 N–H and O–H groups in total. The van der Waals surface area contributed by atoms with Crippen LogP contribution in [0.4, 0.5) is 5.69 Å². The molecular formula is C32H34ClN3O4. The van der Waals surface area contributed by atoms with Crippen LogP contribution in [0.2, 0.25) is 5.02 Å². The molecular weight excluding hydrogens is 526 g/mol.